The summed E-state index contributed by atoms with van der Waals surface area (Å²) in [5.41, 5.74) is 2.30. The van der Waals surface area contributed by atoms with Crippen LogP contribution < -0.4 is 10.1 Å². The average molecular weight is 271 g/mol. The van der Waals surface area contributed by atoms with E-state index in [2.05, 4.69) is 22.2 Å². The number of pyridine rings is 2. The van der Waals surface area contributed by atoms with Gasteiger partial charge < -0.3 is 10.1 Å². The van der Waals surface area contributed by atoms with Crippen molar-refractivity contribution in [2.75, 3.05) is 18.5 Å². The SMILES string of the molecule is CCCNc1cncc(OCCCc2ccncc2)c1. The number of ether oxygens (including phenoxy) is 1. The molecule has 0 aliphatic carbocycles. The Kier molecular flexibility index (Phi) is 5.83. The third kappa shape index (κ3) is 4.88. The van der Waals surface area contributed by atoms with Gasteiger partial charge in [0.1, 0.15) is 5.75 Å². The van der Waals surface area contributed by atoms with Crippen molar-refractivity contribution in [3.63, 3.8) is 0 Å². The lowest BCUT2D eigenvalue weighted by Gasteiger charge is -2.08. The maximum Gasteiger partial charge on any atom is 0.139 e. The molecule has 0 aromatic carbocycles. The highest BCUT2D eigenvalue weighted by atomic mass is 16.5. The minimum absolute atomic E-state index is 0.696. The topological polar surface area (TPSA) is 47.0 Å². The van der Waals surface area contributed by atoms with E-state index in [1.165, 1.54) is 5.56 Å². The minimum atomic E-state index is 0.696. The Morgan fingerprint density at radius 2 is 2.00 bits per heavy atom. The third-order valence-electron chi connectivity index (χ3n) is 2.92. The lowest BCUT2D eigenvalue weighted by atomic mass is 10.1. The fourth-order valence-corrected chi connectivity index (χ4v) is 1.88. The number of rotatable bonds is 8. The van der Waals surface area contributed by atoms with Gasteiger partial charge in [0.2, 0.25) is 0 Å². The van der Waals surface area contributed by atoms with Crippen LogP contribution in [0.25, 0.3) is 0 Å². The van der Waals surface area contributed by atoms with Gasteiger partial charge in [0.15, 0.2) is 0 Å². The Morgan fingerprint density at radius 3 is 2.80 bits per heavy atom. The van der Waals surface area contributed by atoms with Gasteiger partial charge in [0, 0.05) is 25.0 Å². The molecular weight excluding hydrogens is 250 g/mol. The maximum atomic E-state index is 5.73. The van der Waals surface area contributed by atoms with Gasteiger partial charge in [-0.1, -0.05) is 6.92 Å². The summed E-state index contributed by atoms with van der Waals surface area (Å²) in [5.74, 6) is 0.820. The lowest BCUT2D eigenvalue weighted by molar-refractivity contribution is 0.310. The highest BCUT2D eigenvalue weighted by Gasteiger charge is 1.98. The molecule has 0 amide bonds. The summed E-state index contributed by atoms with van der Waals surface area (Å²) in [4.78, 5) is 8.19. The summed E-state index contributed by atoms with van der Waals surface area (Å²) < 4.78 is 5.73. The van der Waals surface area contributed by atoms with Crippen LogP contribution in [0.3, 0.4) is 0 Å². The Morgan fingerprint density at radius 1 is 1.15 bits per heavy atom. The highest BCUT2D eigenvalue weighted by molar-refractivity contribution is 5.44. The maximum absolute atomic E-state index is 5.73. The van der Waals surface area contributed by atoms with Gasteiger partial charge in [-0.15, -0.1) is 0 Å². The van der Waals surface area contributed by atoms with Gasteiger partial charge in [0.05, 0.1) is 24.7 Å². The molecule has 2 rings (SSSR count). The molecule has 20 heavy (non-hydrogen) atoms. The normalized spacial score (nSPS) is 10.2. The Hall–Kier alpha value is -2.10. The first-order valence-corrected chi connectivity index (χ1v) is 7.09. The van der Waals surface area contributed by atoms with Crippen molar-refractivity contribution < 1.29 is 4.74 Å². The molecule has 106 valence electrons. The number of hydrogen-bond acceptors (Lipinski definition) is 4. The predicted octanol–water partition coefficient (Wildman–Crippen LogP) is 3.31. The number of anilines is 1. The summed E-state index contributed by atoms with van der Waals surface area (Å²) in [7, 11) is 0. The highest BCUT2D eigenvalue weighted by Crippen LogP contribution is 2.15. The summed E-state index contributed by atoms with van der Waals surface area (Å²) in [6.45, 7) is 3.79. The predicted molar refractivity (Wildman–Crippen MR) is 81.1 cm³/mol. The van der Waals surface area contributed by atoms with Crippen LogP contribution >= 0.6 is 0 Å². The molecule has 2 heterocycles. The number of aromatic nitrogens is 2. The molecule has 4 nitrogen and oxygen atoms in total. The van der Waals surface area contributed by atoms with Crippen molar-refractivity contribution in [2.24, 2.45) is 0 Å². The summed E-state index contributed by atoms with van der Waals surface area (Å²) in [6.07, 6.45) is 10.3. The van der Waals surface area contributed by atoms with Crippen molar-refractivity contribution in [2.45, 2.75) is 26.2 Å². The molecule has 0 unspecified atom stereocenters. The van der Waals surface area contributed by atoms with E-state index in [-0.39, 0.29) is 0 Å². The van der Waals surface area contributed by atoms with Crippen LogP contribution in [0.15, 0.2) is 43.0 Å². The molecule has 0 saturated carbocycles. The van der Waals surface area contributed by atoms with Crippen molar-refractivity contribution in [3.8, 4) is 5.75 Å². The summed E-state index contributed by atoms with van der Waals surface area (Å²) >= 11 is 0. The zero-order valence-corrected chi connectivity index (χ0v) is 11.9. The second kappa shape index (κ2) is 8.15. The number of aryl methyl sites for hydroxylation is 1. The van der Waals surface area contributed by atoms with E-state index >= 15 is 0 Å². The zero-order chi connectivity index (χ0) is 14.0. The van der Waals surface area contributed by atoms with E-state index in [0.717, 1.165) is 37.2 Å². The van der Waals surface area contributed by atoms with E-state index in [1.807, 2.05) is 36.8 Å². The van der Waals surface area contributed by atoms with Crippen molar-refractivity contribution >= 4 is 5.69 Å². The molecular formula is C16H21N3O. The lowest BCUT2D eigenvalue weighted by Crippen LogP contribution is -2.02. The van der Waals surface area contributed by atoms with E-state index in [9.17, 15) is 0 Å². The van der Waals surface area contributed by atoms with Crippen LogP contribution in [0, 0.1) is 0 Å². The minimum Gasteiger partial charge on any atom is -0.492 e. The van der Waals surface area contributed by atoms with Crippen molar-refractivity contribution in [1.82, 2.24) is 9.97 Å². The molecule has 2 aromatic rings. The molecule has 0 atom stereocenters. The smallest absolute Gasteiger partial charge is 0.139 e. The fraction of sp³-hybridized carbons (Fsp3) is 0.375. The average Bonchev–Trinajstić information content (AvgIpc) is 2.51. The van der Waals surface area contributed by atoms with Gasteiger partial charge in [-0.25, -0.2) is 0 Å². The molecule has 0 saturated heterocycles. The second-order valence-electron chi connectivity index (χ2n) is 4.64. The monoisotopic (exact) mass is 271 g/mol. The Balaban J connectivity index is 1.73. The number of nitrogens with one attached hydrogen (secondary N) is 1. The number of nitrogens with zero attached hydrogens (tertiary/aromatic N) is 2. The van der Waals surface area contributed by atoms with Gasteiger partial charge in [-0.05, 0) is 37.0 Å². The molecule has 0 fully saturated rings. The molecule has 0 radical (unpaired) electrons. The van der Waals surface area contributed by atoms with Crippen LogP contribution in [0.2, 0.25) is 0 Å². The molecule has 0 aliphatic rings. The second-order valence-corrected chi connectivity index (χ2v) is 4.64. The Labute approximate surface area is 120 Å². The molecule has 0 spiro atoms. The first kappa shape index (κ1) is 14.3. The molecule has 4 heteroatoms. The molecule has 0 aliphatic heterocycles. The molecule has 2 aromatic heterocycles. The van der Waals surface area contributed by atoms with Crippen LogP contribution in [-0.4, -0.2) is 23.1 Å². The summed E-state index contributed by atoms with van der Waals surface area (Å²) in [6, 6.07) is 6.07. The van der Waals surface area contributed by atoms with Gasteiger partial charge in [0.25, 0.3) is 0 Å². The van der Waals surface area contributed by atoms with Crippen LogP contribution in [0.5, 0.6) is 5.75 Å². The van der Waals surface area contributed by atoms with Gasteiger partial charge in [-0.2, -0.15) is 0 Å². The zero-order valence-electron chi connectivity index (χ0n) is 11.9. The summed E-state index contributed by atoms with van der Waals surface area (Å²) in [5, 5.41) is 3.30. The fourth-order valence-electron chi connectivity index (χ4n) is 1.88. The van der Waals surface area contributed by atoms with Gasteiger partial charge in [-0.3, -0.25) is 9.97 Å². The first-order chi connectivity index (χ1) is 9.88. The molecule has 1 N–H and O–H groups in total. The van der Waals surface area contributed by atoms with Gasteiger partial charge >= 0.3 is 0 Å². The van der Waals surface area contributed by atoms with E-state index in [4.69, 9.17) is 4.74 Å². The van der Waals surface area contributed by atoms with Crippen molar-refractivity contribution in [1.29, 1.82) is 0 Å². The largest absolute Gasteiger partial charge is 0.492 e. The van der Waals surface area contributed by atoms with E-state index in [0.29, 0.717) is 6.61 Å². The number of hydrogen-bond donors (Lipinski definition) is 1. The van der Waals surface area contributed by atoms with Crippen LogP contribution in [0.4, 0.5) is 5.69 Å². The third-order valence-corrected chi connectivity index (χ3v) is 2.92. The first-order valence-electron chi connectivity index (χ1n) is 7.09. The Bertz CT molecular complexity index is 502. The van der Waals surface area contributed by atoms with Crippen molar-refractivity contribution in [3.05, 3.63) is 48.5 Å². The standard InChI is InChI=1S/C16H21N3O/c1-2-7-19-15-11-16(13-18-12-15)20-10-3-4-14-5-8-17-9-6-14/h5-6,8-9,11-13,19H,2-4,7,10H2,1H3. The van der Waals surface area contributed by atoms with Crippen LogP contribution in [0.1, 0.15) is 25.3 Å². The van der Waals surface area contributed by atoms with E-state index in [1.54, 1.807) is 6.20 Å². The molecule has 0 bridgehead atoms. The quantitative estimate of drug-likeness (QED) is 0.748. The van der Waals surface area contributed by atoms with E-state index < -0.39 is 0 Å². The van der Waals surface area contributed by atoms with Crippen LogP contribution in [-0.2, 0) is 6.42 Å².